The van der Waals surface area contributed by atoms with Crippen molar-refractivity contribution in [3.05, 3.63) is 80.7 Å². The number of ether oxygens (including phenoxy) is 1. The number of amides is 1. The van der Waals surface area contributed by atoms with Crippen molar-refractivity contribution in [1.29, 1.82) is 0 Å². The molecule has 1 fully saturated rings. The van der Waals surface area contributed by atoms with Crippen LogP contribution in [0.5, 0.6) is 0 Å². The zero-order valence-electron chi connectivity index (χ0n) is 18.2. The molecule has 0 aliphatic carbocycles. The normalized spacial score (nSPS) is 15.7. The molecule has 0 radical (unpaired) electrons. The van der Waals surface area contributed by atoms with Gasteiger partial charge >= 0.3 is 0 Å². The van der Waals surface area contributed by atoms with E-state index in [1.54, 1.807) is 6.07 Å². The topological polar surface area (TPSA) is 71.8 Å². The van der Waals surface area contributed by atoms with Gasteiger partial charge in [0.05, 0.1) is 24.6 Å². The van der Waals surface area contributed by atoms with Gasteiger partial charge < -0.3 is 14.5 Å². The molecule has 1 N–H and O–H groups in total. The highest BCUT2D eigenvalue weighted by atomic mass is 16.5. The van der Waals surface area contributed by atoms with Crippen molar-refractivity contribution in [2.45, 2.75) is 26.8 Å². The standard InChI is InChI=1S/C25H28N2O4/c1-16-4-6-19(7-5-16)21(27-8-10-30-11-9-27)15-26-25(29)23-14-22(28)20-13-17(2)12-18(3)24(20)31-23/h4-7,12-14,21H,8-11,15H2,1-3H3,(H,26,29)/t21-/m1/s1. The van der Waals surface area contributed by atoms with Crippen LogP contribution in [0.4, 0.5) is 0 Å². The molecule has 1 atom stereocenters. The van der Waals surface area contributed by atoms with Gasteiger partial charge in [-0.3, -0.25) is 14.5 Å². The molecular formula is C25H28N2O4. The van der Waals surface area contributed by atoms with E-state index in [1.165, 1.54) is 11.6 Å². The first-order valence-corrected chi connectivity index (χ1v) is 10.6. The average Bonchev–Trinajstić information content (AvgIpc) is 2.76. The number of benzene rings is 2. The largest absolute Gasteiger partial charge is 0.450 e. The first kappa shape index (κ1) is 21.3. The fourth-order valence-electron chi connectivity index (χ4n) is 4.13. The van der Waals surface area contributed by atoms with Gasteiger partial charge in [0.15, 0.2) is 11.2 Å². The minimum atomic E-state index is -0.385. The molecule has 162 valence electrons. The lowest BCUT2D eigenvalue weighted by Gasteiger charge is -2.35. The Morgan fingerprint density at radius 3 is 2.45 bits per heavy atom. The Labute approximate surface area is 181 Å². The SMILES string of the molecule is Cc1ccc([C@@H](CNC(=O)c2cc(=O)c3cc(C)cc(C)c3o2)N2CCOCC2)cc1. The van der Waals surface area contributed by atoms with Crippen molar-refractivity contribution >= 4 is 16.9 Å². The number of rotatable bonds is 5. The van der Waals surface area contributed by atoms with Crippen molar-refractivity contribution in [3.63, 3.8) is 0 Å². The maximum atomic E-state index is 12.9. The van der Waals surface area contributed by atoms with Crippen LogP contribution in [0.2, 0.25) is 0 Å². The maximum absolute atomic E-state index is 12.9. The van der Waals surface area contributed by atoms with Crippen LogP contribution < -0.4 is 10.7 Å². The van der Waals surface area contributed by atoms with E-state index in [0.717, 1.165) is 29.8 Å². The summed E-state index contributed by atoms with van der Waals surface area (Å²) < 4.78 is 11.3. The highest BCUT2D eigenvalue weighted by Gasteiger charge is 2.24. The minimum absolute atomic E-state index is 0.0185. The summed E-state index contributed by atoms with van der Waals surface area (Å²) in [4.78, 5) is 27.8. The van der Waals surface area contributed by atoms with E-state index in [9.17, 15) is 9.59 Å². The number of carbonyl (C=O) groups excluding carboxylic acids is 1. The van der Waals surface area contributed by atoms with Crippen LogP contribution in [0.25, 0.3) is 11.0 Å². The summed E-state index contributed by atoms with van der Waals surface area (Å²) in [6, 6.07) is 13.4. The summed E-state index contributed by atoms with van der Waals surface area (Å²) in [6.07, 6.45) is 0. The van der Waals surface area contributed by atoms with Gasteiger partial charge in [-0.25, -0.2) is 0 Å². The van der Waals surface area contributed by atoms with Gasteiger partial charge in [0, 0.05) is 25.7 Å². The fourth-order valence-corrected chi connectivity index (χ4v) is 4.13. The Kier molecular flexibility index (Phi) is 6.20. The summed E-state index contributed by atoms with van der Waals surface area (Å²) in [6.45, 7) is 9.24. The van der Waals surface area contributed by atoms with Crippen molar-refractivity contribution in [1.82, 2.24) is 10.2 Å². The number of carbonyl (C=O) groups is 1. The van der Waals surface area contributed by atoms with Crippen molar-refractivity contribution in [2.24, 2.45) is 0 Å². The number of hydrogen-bond donors (Lipinski definition) is 1. The summed E-state index contributed by atoms with van der Waals surface area (Å²) in [5.41, 5.74) is 4.41. The lowest BCUT2D eigenvalue weighted by Crippen LogP contribution is -2.43. The molecule has 1 aliphatic heterocycles. The third-order valence-corrected chi connectivity index (χ3v) is 5.79. The lowest BCUT2D eigenvalue weighted by atomic mass is 10.0. The molecule has 31 heavy (non-hydrogen) atoms. The molecule has 0 unspecified atom stereocenters. The molecule has 6 heteroatoms. The highest BCUT2D eigenvalue weighted by Crippen LogP contribution is 2.23. The molecule has 1 amide bonds. The molecule has 2 aromatic carbocycles. The number of nitrogens with one attached hydrogen (secondary N) is 1. The lowest BCUT2D eigenvalue weighted by molar-refractivity contribution is 0.0161. The van der Waals surface area contributed by atoms with Crippen molar-refractivity contribution < 1.29 is 13.9 Å². The van der Waals surface area contributed by atoms with E-state index in [2.05, 4.69) is 41.4 Å². The van der Waals surface area contributed by atoms with Gasteiger partial charge in [-0.1, -0.05) is 35.9 Å². The van der Waals surface area contributed by atoms with Crippen LogP contribution in [0, 0.1) is 20.8 Å². The van der Waals surface area contributed by atoms with Crippen LogP contribution in [-0.2, 0) is 4.74 Å². The molecule has 1 aromatic heterocycles. The summed E-state index contributed by atoms with van der Waals surface area (Å²) in [5.74, 6) is -0.349. The molecule has 0 bridgehead atoms. The summed E-state index contributed by atoms with van der Waals surface area (Å²) in [7, 11) is 0. The number of nitrogens with zero attached hydrogens (tertiary/aromatic N) is 1. The van der Waals surface area contributed by atoms with Crippen LogP contribution in [0.3, 0.4) is 0 Å². The molecule has 0 saturated carbocycles. The van der Waals surface area contributed by atoms with Gasteiger partial charge in [0.1, 0.15) is 5.58 Å². The predicted molar refractivity (Wildman–Crippen MR) is 121 cm³/mol. The van der Waals surface area contributed by atoms with Gasteiger partial charge in [0.25, 0.3) is 5.91 Å². The Bertz CT molecular complexity index is 1140. The van der Waals surface area contributed by atoms with Gasteiger partial charge in [-0.2, -0.15) is 0 Å². The van der Waals surface area contributed by atoms with Gasteiger partial charge in [0.2, 0.25) is 0 Å². The van der Waals surface area contributed by atoms with Crippen molar-refractivity contribution in [3.8, 4) is 0 Å². The highest BCUT2D eigenvalue weighted by molar-refractivity contribution is 5.93. The zero-order valence-corrected chi connectivity index (χ0v) is 18.2. The van der Waals surface area contributed by atoms with E-state index in [1.807, 2.05) is 19.9 Å². The summed E-state index contributed by atoms with van der Waals surface area (Å²) in [5, 5.41) is 3.48. The van der Waals surface area contributed by atoms with Crippen molar-refractivity contribution in [2.75, 3.05) is 32.8 Å². The molecule has 6 nitrogen and oxygen atoms in total. The number of aryl methyl sites for hydroxylation is 3. The molecule has 1 saturated heterocycles. The molecule has 1 aliphatic rings. The smallest absolute Gasteiger partial charge is 0.287 e. The minimum Gasteiger partial charge on any atom is -0.450 e. The molecule has 2 heterocycles. The van der Waals surface area contributed by atoms with E-state index >= 15 is 0 Å². The van der Waals surface area contributed by atoms with Gasteiger partial charge in [-0.15, -0.1) is 0 Å². The van der Waals surface area contributed by atoms with E-state index in [-0.39, 0.29) is 23.1 Å². The molecule has 0 spiro atoms. The van der Waals surface area contributed by atoms with E-state index in [4.69, 9.17) is 9.15 Å². The molecule has 4 rings (SSSR count). The predicted octanol–water partition coefficient (Wildman–Crippen LogP) is 3.52. The van der Waals surface area contributed by atoms with Crippen LogP contribution >= 0.6 is 0 Å². The average molecular weight is 421 g/mol. The fraction of sp³-hybridized carbons (Fsp3) is 0.360. The van der Waals surface area contributed by atoms with Crippen LogP contribution in [0.15, 0.2) is 51.7 Å². The van der Waals surface area contributed by atoms with Crippen LogP contribution in [0.1, 0.15) is 38.9 Å². The maximum Gasteiger partial charge on any atom is 0.287 e. The third-order valence-electron chi connectivity index (χ3n) is 5.79. The van der Waals surface area contributed by atoms with E-state index < -0.39 is 0 Å². The zero-order chi connectivity index (χ0) is 22.0. The first-order valence-electron chi connectivity index (χ1n) is 10.6. The number of morpholine rings is 1. The number of fused-ring (bicyclic) bond motifs is 1. The molecular weight excluding hydrogens is 392 g/mol. The Hall–Kier alpha value is -2.96. The Morgan fingerprint density at radius 1 is 1.03 bits per heavy atom. The second kappa shape index (κ2) is 9.04. The first-order chi connectivity index (χ1) is 14.9. The monoisotopic (exact) mass is 420 g/mol. The second-order valence-corrected chi connectivity index (χ2v) is 8.22. The Morgan fingerprint density at radius 2 is 1.74 bits per heavy atom. The third kappa shape index (κ3) is 4.70. The van der Waals surface area contributed by atoms with Gasteiger partial charge in [-0.05, 0) is 43.5 Å². The Balaban J connectivity index is 1.57. The molecule has 3 aromatic rings. The van der Waals surface area contributed by atoms with Crippen LogP contribution in [-0.4, -0.2) is 43.7 Å². The summed E-state index contributed by atoms with van der Waals surface area (Å²) >= 11 is 0. The second-order valence-electron chi connectivity index (χ2n) is 8.22. The number of hydrogen-bond acceptors (Lipinski definition) is 5. The quantitative estimate of drug-likeness (QED) is 0.684. The van der Waals surface area contributed by atoms with E-state index in [0.29, 0.717) is 30.7 Å².